The predicted molar refractivity (Wildman–Crippen MR) is 111 cm³/mol. The molecule has 0 bridgehead atoms. The van der Waals surface area contributed by atoms with Crippen LogP contribution >= 0.6 is 0 Å². The van der Waals surface area contributed by atoms with E-state index in [1.165, 1.54) is 24.9 Å². The van der Waals surface area contributed by atoms with Gasteiger partial charge in [0.2, 0.25) is 0 Å². The Labute approximate surface area is 163 Å². The average molecular weight is 375 g/mol. The van der Waals surface area contributed by atoms with Gasteiger partial charge in [0.15, 0.2) is 5.96 Å². The molecule has 1 aromatic rings. The first-order valence-corrected chi connectivity index (χ1v) is 10.3. The molecule has 0 spiro atoms. The molecule has 6 heteroatoms. The molecule has 150 valence electrons. The summed E-state index contributed by atoms with van der Waals surface area (Å²) in [5, 5.41) is 6.97. The lowest BCUT2D eigenvalue weighted by Crippen LogP contribution is -2.51. The van der Waals surface area contributed by atoms with E-state index in [9.17, 15) is 0 Å². The van der Waals surface area contributed by atoms with Crippen LogP contribution < -0.4 is 20.3 Å². The van der Waals surface area contributed by atoms with Gasteiger partial charge in [-0.3, -0.25) is 4.99 Å². The summed E-state index contributed by atoms with van der Waals surface area (Å²) < 4.78 is 11.1. The molecule has 1 saturated heterocycles. The Kier molecular flexibility index (Phi) is 7.63. The van der Waals surface area contributed by atoms with E-state index in [0.717, 1.165) is 50.3 Å². The second-order valence-electron chi connectivity index (χ2n) is 7.41. The molecular weight excluding hydrogens is 340 g/mol. The van der Waals surface area contributed by atoms with E-state index in [-0.39, 0.29) is 0 Å². The largest absolute Gasteiger partial charge is 0.497 e. The van der Waals surface area contributed by atoms with Gasteiger partial charge in [-0.2, -0.15) is 0 Å². The molecule has 1 heterocycles. The maximum Gasteiger partial charge on any atom is 0.191 e. The van der Waals surface area contributed by atoms with Gasteiger partial charge in [0.25, 0.3) is 0 Å². The first-order chi connectivity index (χ1) is 13.3. The molecule has 1 saturated carbocycles. The maximum absolute atomic E-state index is 5.69. The zero-order valence-corrected chi connectivity index (χ0v) is 16.7. The zero-order valence-electron chi connectivity index (χ0n) is 16.7. The van der Waals surface area contributed by atoms with Crippen LogP contribution in [-0.4, -0.2) is 58.5 Å². The number of methoxy groups -OCH3 is 1. The van der Waals surface area contributed by atoms with Gasteiger partial charge >= 0.3 is 0 Å². The topological polar surface area (TPSA) is 58.1 Å². The minimum Gasteiger partial charge on any atom is -0.497 e. The fourth-order valence-electron chi connectivity index (χ4n) is 3.41. The van der Waals surface area contributed by atoms with E-state index < -0.39 is 0 Å². The van der Waals surface area contributed by atoms with Crippen molar-refractivity contribution in [3.63, 3.8) is 0 Å². The summed E-state index contributed by atoms with van der Waals surface area (Å²) in [7, 11) is 1.72. The number of hydrogen-bond donors (Lipinski definition) is 2. The summed E-state index contributed by atoms with van der Waals surface area (Å²) in [5.74, 6) is 2.61. The Hall–Kier alpha value is -1.95. The molecule has 2 aliphatic rings. The van der Waals surface area contributed by atoms with Crippen molar-refractivity contribution in [2.75, 3.05) is 51.4 Å². The van der Waals surface area contributed by atoms with Gasteiger partial charge in [-0.25, -0.2) is 0 Å². The molecule has 6 nitrogen and oxygen atoms in total. The van der Waals surface area contributed by atoms with Crippen molar-refractivity contribution in [3.8, 4) is 5.75 Å². The van der Waals surface area contributed by atoms with E-state index in [1.807, 2.05) is 6.07 Å². The van der Waals surface area contributed by atoms with Crippen LogP contribution in [0.15, 0.2) is 29.3 Å². The molecule has 27 heavy (non-hydrogen) atoms. The summed E-state index contributed by atoms with van der Waals surface area (Å²) in [6.07, 6.45) is 4.99. The number of nitrogens with one attached hydrogen (secondary N) is 2. The number of piperidine rings is 1. The van der Waals surface area contributed by atoms with Crippen LogP contribution in [0.5, 0.6) is 5.75 Å². The molecule has 1 aromatic carbocycles. The fourth-order valence-corrected chi connectivity index (χ4v) is 3.41. The quantitative estimate of drug-likeness (QED) is 0.395. The SMILES string of the molecule is CCNC(=NCCOCC1CC1)NC1CCCN(c2cccc(OC)c2)C1. The Morgan fingerprint density at radius 3 is 2.96 bits per heavy atom. The highest BCUT2D eigenvalue weighted by molar-refractivity contribution is 5.80. The number of rotatable bonds is 9. The maximum atomic E-state index is 5.69. The monoisotopic (exact) mass is 374 g/mol. The normalized spacial score (nSPS) is 20.4. The van der Waals surface area contributed by atoms with E-state index in [2.05, 4.69) is 45.6 Å². The fraction of sp³-hybridized carbons (Fsp3) is 0.667. The molecule has 2 fully saturated rings. The summed E-state index contributed by atoms with van der Waals surface area (Å²) in [6.45, 7) is 7.31. The van der Waals surface area contributed by atoms with Gasteiger partial charge in [-0.15, -0.1) is 0 Å². The lowest BCUT2D eigenvalue weighted by atomic mass is 10.0. The highest BCUT2D eigenvalue weighted by Crippen LogP contribution is 2.28. The molecule has 1 unspecified atom stereocenters. The minimum atomic E-state index is 0.384. The van der Waals surface area contributed by atoms with Crippen molar-refractivity contribution < 1.29 is 9.47 Å². The van der Waals surface area contributed by atoms with Gasteiger partial charge in [-0.1, -0.05) is 6.07 Å². The smallest absolute Gasteiger partial charge is 0.191 e. The summed E-state index contributed by atoms with van der Waals surface area (Å²) >= 11 is 0. The van der Waals surface area contributed by atoms with Gasteiger partial charge in [0, 0.05) is 44.0 Å². The van der Waals surface area contributed by atoms with Crippen LogP contribution in [-0.2, 0) is 4.74 Å². The van der Waals surface area contributed by atoms with Crippen molar-refractivity contribution in [1.29, 1.82) is 0 Å². The second kappa shape index (κ2) is 10.4. The van der Waals surface area contributed by atoms with Crippen LogP contribution in [0.4, 0.5) is 5.69 Å². The third kappa shape index (κ3) is 6.61. The lowest BCUT2D eigenvalue weighted by molar-refractivity contribution is 0.131. The number of anilines is 1. The molecular formula is C21H34N4O2. The summed E-state index contributed by atoms with van der Waals surface area (Å²) in [5.41, 5.74) is 1.22. The number of hydrogen-bond acceptors (Lipinski definition) is 4. The van der Waals surface area contributed by atoms with Crippen molar-refractivity contribution in [3.05, 3.63) is 24.3 Å². The predicted octanol–water partition coefficient (Wildman–Crippen LogP) is 2.65. The van der Waals surface area contributed by atoms with Gasteiger partial charge in [0.1, 0.15) is 5.75 Å². The van der Waals surface area contributed by atoms with Gasteiger partial charge in [-0.05, 0) is 50.7 Å². The molecule has 0 amide bonds. The average Bonchev–Trinajstić information content (AvgIpc) is 3.52. The minimum absolute atomic E-state index is 0.384. The van der Waals surface area contributed by atoms with Crippen molar-refractivity contribution in [2.24, 2.45) is 10.9 Å². The Morgan fingerprint density at radius 1 is 1.30 bits per heavy atom. The molecule has 3 rings (SSSR count). The van der Waals surface area contributed by atoms with Crippen molar-refractivity contribution in [1.82, 2.24) is 10.6 Å². The Morgan fingerprint density at radius 2 is 2.19 bits per heavy atom. The zero-order chi connectivity index (χ0) is 18.9. The van der Waals surface area contributed by atoms with Crippen LogP contribution in [0.2, 0.25) is 0 Å². The summed E-state index contributed by atoms with van der Waals surface area (Å²) in [6, 6.07) is 8.69. The number of ether oxygens (including phenoxy) is 2. The molecule has 1 aliphatic heterocycles. The molecule has 2 N–H and O–H groups in total. The Bertz CT molecular complexity index is 604. The highest BCUT2D eigenvalue weighted by atomic mass is 16.5. The van der Waals surface area contributed by atoms with Gasteiger partial charge in [0.05, 0.1) is 20.3 Å². The number of benzene rings is 1. The number of guanidine groups is 1. The molecule has 0 radical (unpaired) electrons. The van der Waals surface area contributed by atoms with Crippen LogP contribution in [0.25, 0.3) is 0 Å². The van der Waals surface area contributed by atoms with Crippen molar-refractivity contribution in [2.45, 2.75) is 38.6 Å². The third-order valence-electron chi connectivity index (χ3n) is 5.08. The first-order valence-electron chi connectivity index (χ1n) is 10.3. The van der Waals surface area contributed by atoms with Gasteiger partial charge < -0.3 is 25.0 Å². The molecule has 1 atom stereocenters. The standard InChI is InChI=1S/C21H34N4O2/c1-3-22-21(23-11-13-27-16-17-9-10-17)24-18-6-5-12-25(15-18)19-7-4-8-20(14-19)26-2/h4,7-8,14,17-18H,3,5-6,9-13,15-16H2,1-2H3,(H2,22,23,24). The van der Waals surface area contributed by atoms with Crippen LogP contribution in [0.3, 0.4) is 0 Å². The number of aliphatic imine (C=N–C) groups is 1. The summed E-state index contributed by atoms with van der Waals surface area (Å²) in [4.78, 5) is 7.10. The van der Waals surface area contributed by atoms with E-state index >= 15 is 0 Å². The van der Waals surface area contributed by atoms with E-state index in [1.54, 1.807) is 7.11 Å². The molecule has 1 aliphatic carbocycles. The van der Waals surface area contributed by atoms with Crippen LogP contribution in [0, 0.1) is 5.92 Å². The van der Waals surface area contributed by atoms with Crippen molar-refractivity contribution >= 4 is 11.6 Å². The first kappa shape index (κ1) is 19.8. The third-order valence-corrected chi connectivity index (χ3v) is 5.08. The highest BCUT2D eigenvalue weighted by Gasteiger charge is 2.22. The lowest BCUT2D eigenvalue weighted by Gasteiger charge is -2.35. The van der Waals surface area contributed by atoms with E-state index in [0.29, 0.717) is 19.2 Å². The second-order valence-corrected chi connectivity index (χ2v) is 7.41. The van der Waals surface area contributed by atoms with E-state index in [4.69, 9.17) is 9.47 Å². The molecule has 0 aromatic heterocycles. The van der Waals surface area contributed by atoms with Crippen LogP contribution in [0.1, 0.15) is 32.6 Å². The Balaban J connectivity index is 1.49. The number of nitrogens with zero attached hydrogens (tertiary/aromatic N) is 2.